The Kier molecular flexibility index (Phi) is 5.60. The highest BCUT2D eigenvalue weighted by Gasteiger charge is 2.55. The molecule has 25 heavy (non-hydrogen) atoms. The number of rotatable bonds is 6. The van der Waals surface area contributed by atoms with E-state index < -0.39 is 11.9 Å². The summed E-state index contributed by atoms with van der Waals surface area (Å²) >= 11 is 8.99. The number of fused-ring (bicyclic) bond motifs is 1. The first-order chi connectivity index (χ1) is 12.0. The fraction of sp³-hybridized carbons (Fsp3) is 0.438. The van der Waals surface area contributed by atoms with Gasteiger partial charge in [0.1, 0.15) is 11.5 Å². The van der Waals surface area contributed by atoms with Crippen LogP contribution in [0.25, 0.3) is 0 Å². The molecule has 1 amide bonds. The fourth-order valence-corrected chi connectivity index (χ4v) is 5.82. The zero-order chi connectivity index (χ0) is 18.1. The summed E-state index contributed by atoms with van der Waals surface area (Å²) < 4.78 is 4.33. The van der Waals surface area contributed by atoms with Crippen molar-refractivity contribution < 1.29 is 19.0 Å². The van der Waals surface area contributed by atoms with Crippen molar-refractivity contribution in [3.05, 3.63) is 33.7 Å². The number of hydrogen-bond donors (Lipinski definition) is 0. The lowest BCUT2D eigenvalue weighted by molar-refractivity contribution is -0.153. The summed E-state index contributed by atoms with van der Waals surface area (Å²) in [6.07, 6.45) is 0.494. The number of thiophene rings is 1. The normalized spacial score (nSPS) is 25.4. The number of halogens is 1. The predicted molar refractivity (Wildman–Crippen MR) is 98.4 cm³/mol. The number of ketones is 1. The Morgan fingerprint density at radius 1 is 1.44 bits per heavy atom. The van der Waals surface area contributed by atoms with Crippen LogP contribution in [0, 0.1) is 5.92 Å². The molecule has 0 aliphatic carbocycles. The second-order valence-corrected chi connectivity index (χ2v) is 8.66. The Morgan fingerprint density at radius 2 is 2.20 bits per heavy atom. The Hall–Kier alpha value is -1.25. The second kappa shape index (κ2) is 7.56. The van der Waals surface area contributed by atoms with Gasteiger partial charge in [-0.05, 0) is 23.9 Å². The van der Waals surface area contributed by atoms with Crippen LogP contribution in [0.5, 0.6) is 0 Å². The first-order valence-corrected chi connectivity index (χ1v) is 10.1. The molecule has 2 aliphatic rings. The maximum absolute atomic E-state index is 12.6. The zero-order valence-corrected chi connectivity index (χ0v) is 15.8. The summed E-state index contributed by atoms with van der Waals surface area (Å²) in [4.78, 5) is 39.2. The molecule has 3 heterocycles. The van der Waals surface area contributed by atoms with E-state index >= 15 is 0 Å². The van der Waals surface area contributed by atoms with Crippen LogP contribution in [0.2, 0.25) is 0 Å². The first kappa shape index (κ1) is 18.5. The number of amides is 1. The molecule has 5 nitrogen and oxygen atoms in total. The standard InChI is InChI=1S/C16H15BClNO4S2/c1-8-12(7-18)13(16(22)23-17)19-14(21)11(15(19)25-8)6-9(20)5-10-3-2-4-24-10/h2-4,8,11,15H,5-7H2,1H3/t8?,11-,15-/m1/s1. The molecule has 130 valence electrons. The van der Waals surface area contributed by atoms with Gasteiger partial charge in [0, 0.05) is 28.8 Å². The second-order valence-electron chi connectivity index (χ2n) is 5.90. The Labute approximate surface area is 160 Å². The molecule has 1 aromatic rings. The van der Waals surface area contributed by atoms with Crippen molar-refractivity contribution in [2.24, 2.45) is 5.92 Å². The van der Waals surface area contributed by atoms with Crippen LogP contribution in [0.15, 0.2) is 28.8 Å². The molecular weight excluding hydrogens is 381 g/mol. The van der Waals surface area contributed by atoms with E-state index in [2.05, 4.69) is 4.65 Å². The monoisotopic (exact) mass is 395 g/mol. The lowest BCUT2D eigenvalue weighted by Crippen LogP contribution is -2.62. The Morgan fingerprint density at radius 3 is 2.80 bits per heavy atom. The van der Waals surface area contributed by atoms with Gasteiger partial charge in [-0.15, -0.1) is 34.7 Å². The van der Waals surface area contributed by atoms with Gasteiger partial charge in [-0.2, -0.15) is 0 Å². The van der Waals surface area contributed by atoms with Crippen LogP contribution in [0.4, 0.5) is 0 Å². The van der Waals surface area contributed by atoms with Gasteiger partial charge in [0.05, 0.1) is 11.3 Å². The average Bonchev–Trinajstić information content (AvgIpc) is 3.10. The molecule has 9 heteroatoms. The third-order valence-corrected chi connectivity index (χ3v) is 7.05. The van der Waals surface area contributed by atoms with Gasteiger partial charge >= 0.3 is 14.0 Å². The highest BCUT2D eigenvalue weighted by atomic mass is 35.5. The Balaban J connectivity index is 1.76. The highest BCUT2D eigenvalue weighted by molar-refractivity contribution is 8.00. The fourth-order valence-electron chi connectivity index (χ4n) is 3.13. The van der Waals surface area contributed by atoms with E-state index in [1.807, 2.05) is 24.4 Å². The van der Waals surface area contributed by atoms with Crippen LogP contribution < -0.4 is 0 Å². The average molecular weight is 396 g/mol. The minimum atomic E-state index is -0.774. The first-order valence-electron chi connectivity index (χ1n) is 7.70. The van der Waals surface area contributed by atoms with Crippen LogP contribution in [-0.4, -0.2) is 47.1 Å². The number of carbonyl (C=O) groups is 3. The van der Waals surface area contributed by atoms with E-state index in [9.17, 15) is 14.4 Å². The van der Waals surface area contributed by atoms with Gasteiger partial charge in [-0.3, -0.25) is 14.5 Å². The van der Waals surface area contributed by atoms with Crippen molar-refractivity contribution in [2.75, 3.05) is 5.88 Å². The molecule has 0 aromatic carbocycles. The highest BCUT2D eigenvalue weighted by Crippen LogP contribution is 2.48. The number of thioether (sulfide) groups is 1. The predicted octanol–water partition coefficient (Wildman–Crippen LogP) is 2.29. The van der Waals surface area contributed by atoms with Gasteiger partial charge in [0.15, 0.2) is 0 Å². The summed E-state index contributed by atoms with van der Waals surface area (Å²) in [5.41, 5.74) is 0.746. The summed E-state index contributed by atoms with van der Waals surface area (Å²) in [5.74, 6) is -1.34. The van der Waals surface area contributed by atoms with Crippen LogP contribution in [-0.2, 0) is 25.5 Å². The van der Waals surface area contributed by atoms with E-state index in [4.69, 9.17) is 19.7 Å². The van der Waals surface area contributed by atoms with E-state index in [1.165, 1.54) is 28.0 Å². The molecule has 1 saturated heterocycles. The number of nitrogens with zero attached hydrogens (tertiary/aromatic N) is 1. The molecule has 1 aromatic heterocycles. The van der Waals surface area contributed by atoms with Crippen molar-refractivity contribution in [3.8, 4) is 0 Å². The van der Waals surface area contributed by atoms with E-state index in [0.29, 0.717) is 12.0 Å². The molecule has 0 N–H and O–H groups in total. The number of Topliss-reactive ketones (excluding diaryl/α,β-unsaturated/α-hetero) is 1. The molecule has 2 aliphatic heterocycles. The molecule has 2 radical (unpaired) electrons. The number of alkyl halides is 1. The summed E-state index contributed by atoms with van der Waals surface area (Å²) in [6.45, 7) is 1.91. The molecule has 0 spiro atoms. The van der Waals surface area contributed by atoms with Gasteiger partial charge in [0.2, 0.25) is 5.91 Å². The maximum atomic E-state index is 12.6. The van der Waals surface area contributed by atoms with Gasteiger partial charge in [-0.25, -0.2) is 4.79 Å². The lowest BCUT2D eigenvalue weighted by atomic mass is 9.89. The third kappa shape index (κ3) is 3.39. The van der Waals surface area contributed by atoms with Crippen molar-refractivity contribution in [1.82, 2.24) is 4.90 Å². The molecule has 0 bridgehead atoms. The van der Waals surface area contributed by atoms with Gasteiger partial charge in [-0.1, -0.05) is 6.07 Å². The van der Waals surface area contributed by atoms with Crippen molar-refractivity contribution in [1.29, 1.82) is 0 Å². The zero-order valence-electron chi connectivity index (χ0n) is 13.4. The minimum Gasteiger partial charge on any atom is -0.539 e. The molecule has 1 fully saturated rings. The quantitative estimate of drug-likeness (QED) is 0.420. The van der Waals surface area contributed by atoms with E-state index in [-0.39, 0.29) is 40.3 Å². The lowest BCUT2D eigenvalue weighted by Gasteiger charge is -2.51. The van der Waals surface area contributed by atoms with E-state index in [1.54, 1.807) is 0 Å². The minimum absolute atomic E-state index is 0.0174. The molecular formula is C16H15BClNO4S2. The number of β-lactam (4-membered cyclic amide) rings is 1. The molecule has 0 saturated carbocycles. The number of carbonyl (C=O) groups excluding carboxylic acids is 3. The van der Waals surface area contributed by atoms with Crippen molar-refractivity contribution in [2.45, 2.75) is 30.4 Å². The topological polar surface area (TPSA) is 63.7 Å². The van der Waals surface area contributed by atoms with Crippen LogP contribution >= 0.6 is 34.7 Å². The smallest absolute Gasteiger partial charge is 0.378 e. The molecule has 1 unspecified atom stereocenters. The Bertz CT molecular complexity index is 737. The summed E-state index contributed by atoms with van der Waals surface area (Å²) in [7, 11) is 5.01. The van der Waals surface area contributed by atoms with Gasteiger partial charge < -0.3 is 4.65 Å². The third-order valence-electron chi connectivity index (χ3n) is 4.38. The van der Waals surface area contributed by atoms with Gasteiger partial charge in [0.25, 0.3) is 0 Å². The number of hydrogen-bond acceptors (Lipinski definition) is 6. The summed E-state index contributed by atoms with van der Waals surface area (Å²) in [5, 5.41) is 1.59. The largest absolute Gasteiger partial charge is 0.539 e. The van der Waals surface area contributed by atoms with Crippen molar-refractivity contribution >= 4 is 60.4 Å². The molecule has 3 rings (SSSR count). The maximum Gasteiger partial charge on any atom is 0.378 e. The van der Waals surface area contributed by atoms with Crippen molar-refractivity contribution in [3.63, 3.8) is 0 Å². The SMILES string of the molecule is [B]OC(=O)C1=C(CCl)C(C)S[C@@H]2[C@H](CC(=O)Cc3cccs3)C(=O)N12. The van der Waals surface area contributed by atoms with Crippen LogP contribution in [0.3, 0.4) is 0 Å². The summed E-state index contributed by atoms with van der Waals surface area (Å²) in [6, 6.07) is 3.80. The van der Waals surface area contributed by atoms with Crippen LogP contribution in [0.1, 0.15) is 18.2 Å². The van der Waals surface area contributed by atoms with E-state index in [0.717, 1.165) is 4.88 Å². The molecule has 3 atom stereocenters.